The van der Waals surface area contributed by atoms with Gasteiger partial charge in [0.2, 0.25) is 0 Å². The number of anilines is 1. The summed E-state index contributed by atoms with van der Waals surface area (Å²) in [4.78, 5) is 0. The molecule has 1 unspecified atom stereocenters. The van der Waals surface area contributed by atoms with Crippen LogP contribution in [0.5, 0.6) is 0 Å². The van der Waals surface area contributed by atoms with E-state index < -0.39 is 0 Å². The molecule has 0 aromatic heterocycles. The van der Waals surface area contributed by atoms with Crippen molar-refractivity contribution in [3.05, 3.63) is 101 Å². The van der Waals surface area contributed by atoms with Crippen molar-refractivity contribution >= 4 is 29.4 Å². The van der Waals surface area contributed by atoms with E-state index in [-0.39, 0.29) is 17.6 Å². The van der Waals surface area contributed by atoms with Crippen LogP contribution in [0.3, 0.4) is 0 Å². The standard InChI is InChI=1S/C24H23ClF2N2S/c25-20-7-13-23(14-8-20)28-30-29-15-1-2-19(16-29)24(17-3-9-21(26)10-4-17)18-5-11-22(27)12-6-18/h3-14,19,24,28H,1-2,15-16H2. The van der Waals surface area contributed by atoms with E-state index in [0.29, 0.717) is 10.9 Å². The van der Waals surface area contributed by atoms with E-state index >= 15 is 0 Å². The minimum absolute atomic E-state index is 0.0881. The summed E-state index contributed by atoms with van der Waals surface area (Å²) >= 11 is 7.55. The molecule has 1 fully saturated rings. The van der Waals surface area contributed by atoms with Crippen molar-refractivity contribution < 1.29 is 8.78 Å². The lowest BCUT2D eigenvalue weighted by atomic mass is 9.77. The molecule has 1 aliphatic heterocycles. The molecule has 3 aromatic rings. The zero-order valence-corrected chi connectivity index (χ0v) is 18.0. The molecule has 1 heterocycles. The first-order valence-electron chi connectivity index (χ1n) is 10.0. The predicted molar refractivity (Wildman–Crippen MR) is 122 cm³/mol. The van der Waals surface area contributed by atoms with Crippen LogP contribution in [-0.2, 0) is 0 Å². The number of piperidine rings is 1. The molecule has 4 rings (SSSR count). The molecule has 0 aliphatic carbocycles. The monoisotopic (exact) mass is 444 g/mol. The first kappa shape index (κ1) is 21.2. The summed E-state index contributed by atoms with van der Waals surface area (Å²) < 4.78 is 32.7. The van der Waals surface area contributed by atoms with Crippen molar-refractivity contribution in [3.63, 3.8) is 0 Å². The van der Waals surface area contributed by atoms with Crippen LogP contribution >= 0.6 is 23.7 Å². The number of halogens is 3. The van der Waals surface area contributed by atoms with Crippen LogP contribution in [0.1, 0.15) is 29.9 Å². The number of benzene rings is 3. The van der Waals surface area contributed by atoms with E-state index in [9.17, 15) is 8.78 Å². The topological polar surface area (TPSA) is 15.3 Å². The van der Waals surface area contributed by atoms with Gasteiger partial charge < -0.3 is 4.72 Å². The molecule has 0 bridgehead atoms. The van der Waals surface area contributed by atoms with Crippen molar-refractivity contribution in [2.45, 2.75) is 18.8 Å². The van der Waals surface area contributed by atoms with Gasteiger partial charge in [0, 0.05) is 41.9 Å². The van der Waals surface area contributed by atoms with Gasteiger partial charge in [-0.25, -0.2) is 13.1 Å². The molecule has 0 spiro atoms. The first-order chi connectivity index (χ1) is 14.6. The lowest BCUT2D eigenvalue weighted by molar-refractivity contribution is 0.265. The van der Waals surface area contributed by atoms with Crippen molar-refractivity contribution in [1.29, 1.82) is 0 Å². The van der Waals surface area contributed by atoms with Crippen LogP contribution < -0.4 is 4.72 Å². The fraction of sp³-hybridized carbons (Fsp3) is 0.250. The summed E-state index contributed by atoms with van der Waals surface area (Å²) in [5.74, 6) is -0.0616. The highest BCUT2D eigenvalue weighted by atomic mass is 35.5. The van der Waals surface area contributed by atoms with Crippen molar-refractivity contribution in [1.82, 2.24) is 4.31 Å². The van der Waals surface area contributed by atoms with Crippen LogP contribution in [0.25, 0.3) is 0 Å². The molecule has 156 valence electrons. The fourth-order valence-electron chi connectivity index (χ4n) is 4.04. The highest BCUT2D eigenvalue weighted by molar-refractivity contribution is 7.98. The van der Waals surface area contributed by atoms with Gasteiger partial charge in [0.05, 0.1) is 0 Å². The second-order valence-electron chi connectivity index (χ2n) is 7.57. The molecule has 6 heteroatoms. The molecular weight excluding hydrogens is 422 g/mol. The third-order valence-corrected chi connectivity index (χ3v) is 6.66. The molecule has 2 nitrogen and oxygen atoms in total. The minimum Gasteiger partial charge on any atom is -0.317 e. The molecule has 30 heavy (non-hydrogen) atoms. The van der Waals surface area contributed by atoms with E-state index in [1.54, 1.807) is 12.1 Å². The number of nitrogens with one attached hydrogen (secondary N) is 1. The van der Waals surface area contributed by atoms with E-state index in [4.69, 9.17) is 11.6 Å². The van der Waals surface area contributed by atoms with Crippen molar-refractivity contribution in [2.75, 3.05) is 17.8 Å². The Balaban J connectivity index is 1.51. The van der Waals surface area contributed by atoms with Gasteiger partial charge in [0.15, 0.2) is 0 Å². The third-order valence-electron chi connectivity index (χ3n) is 5.49. The highest BCUT2D eigenvalue weighted by Crippen LogP contribution is 2.38. The molecule has 1 N–H and O–H groups in total. The summed E-state index contributed by atoms with van der Waals surface area (Å²) in [5.41, 5.74) is 3.12. The number of hydrogen-bond donors (Lipinski definition) is 1. The summed E-state index contributed by atoms with van der Waals surface area (Å²) in [5, 5.41) is 0.713. The van der Waals surface area contributed by atoms with Crippen molar-refractivity contribution in [2.24, 2.45) is 5.92 Å². The quantitative estimate of drug-likeness (QED) is 0.407. The Hall–Kier alpha value is -2.08. The van der Waals surface area contributed by atoms with Gasteiger partial charge in [0.1, 0.15) is 11.6 Å². The molecule has 1 aliphatic rings. The molecular formula is C24H23ClF2N2S. The van der Waals surface area contributed by atoms with Crippen LogP contribution in [0.2, 0.25) is 5.02 Å². The van der Waals surface area contributed by atoms with Gasteiger partial charge in [0.25, 0.3) is 0 Å². The Morgan fingerprint density at radius 3 is 2.00 bits per heavy atom. The summed E-state index contributed by atoms with van der Waals surface area (Å²) in [6.07, 6.45) is 2.14. The Morgan fingerprint density at radius 1 is 0.867 bits per heavy atom. The van der Waals surface area contributed by atoms with Crippen molar-refractivity contribution in [3.8, 4) is 0 Å². The third kappa shape index (κ3) is 5.34. The van der Waals surface area contributed by atoms with E-state index in [1.807, 2.05) is 48.5 Å². The van der Waals surface area contributed by atoms with E-state index in [2.05, 4.69) is 9.03 Å². The number of hydrogen-bond acceptors (Lipinski definition) is 3. The van der Waals surface area contributed by atoms with Gasteiger partial charge in [-0.2, -0.15) is 0 Å². The van der Waals surface area contributed by atoms with Crippen LogP contribution in [-0.4, -0.2) is 17.4 Å². The van der Waals surface area contributed by atoms with Gasteiger partial charge in [-0.15, -0.1) is 0 Å². The SMILES string of the molecule is Fc1ccc(C(c2ccc(F)cc2)C2CCCN(SNc3ccc(Cl)cc3)C2)cc1. The Kier molecular flexibility index (Phi) is 6.93. The van der Waals surface area contributed by atoms with Gasteiger partial charge >= 0.3 is 0 Å². The van der Waals surface area contributed by atoms with Crippen LogP contribution in [0.15, 0.2) is 72.8 Å². The zero-order chi connectivity index (χ0) is 20.9. The molecule has 0 radical (unpaired) electrons. The van der Waals surface area contributed by atoms with Gasteiger partial charge in [-0.1, -0.05) is 35.9 Å². The predicted octanol–water partition coefficient (Wildman–Crippen LogP) is 7.14. The molecule has 3 aromatic carbocycles. The lowest BCUT2D eigenvalue weighted by Crippen LogP contribution is -2.34. The first-order valence-corrected chi connectivity index (χ1v) is 11.2. The average molecular weight is 445 g/mol. The second-order valence-corrected chi connectivity index (χ2v) is 8.91. The Bertz CT molecular complexity index is 903. The van der Waals surface area contributed by atoms with E-state index in [1.165, 1.54) is 24.3 Å². The fourth-order valence-corrected chi connectivity index (χ4v) is 5.02. The highest BCUT2D eigenvalue weighted by Gasteiger charge is 2.30. The van der Waals surface area contributed by atoms with Crippen LogP contribution in [0, 0.1) is 17.6 Å². The maximum Gasteiger partial charge on any atom is 0.123 e. The summed E-state index contributed by atoms with van der Waals surface area (Å²) in [6, 6.07) is 21.0. The molecule has 0 saturated carbocycles. The van der Waals surface area contributed by atoms with Gasteiger partial charge in [-0.05, 0) is 78.4 Å². The number of nitrogens with zero attached hydrogens (tertiary/aromatic N) is 1. The van der Waals surface area contributed by atoms with Crippen LogP contribution in [0.4, 0.5) is 14.5 Å². The Labute approximate surface area is 185 Å². The smallest absolute Gasteiger partial charge is 0.123 e. The van der Waals surface area contributed by atoms with Gasteiger partial charge in [-0.3, -0.25) is 0 Å². The number of rotatable bonds is 6. The normalized spacial score (nSPS) is 17.3. The molecule has 1 atom stereocenters. The maximum absolute atomic E-state index is 13.5. The maximum atomic E-state index is 13.5. The average Bonchev–Trinajstić information content (AvgIpc) is 2.77. The minimum atomic E-state index is -0.246. The lowest BCUT2D eigenvalue weighted by Gasteiger charge is -2.36. The Morgan fingerprint density at radius 2 is 1.43 bits per heavy atom. The summed E-state index contributed by atoms with van der Waals surface area (Å²) in [6.45, 7) is 1.87. The largest absolute Gasteiger partial charge is 0.317 e. The second kappa shape index (κ2) is 9.82. The van der Waals surface area contributed by atoms with E-state index in [0.717, 1.165) is 42.7 Å². The molecule has 1 saturated heterocycles. The summed E-state index contributed by atoms with van der Waals surface area (Å²) in [7, 11) is 0. The molecule has 0 amide bonds. The zero-order valence-electron chi connectivity index (χ0n) is 16.4.